The minimum absolute atomic E-state index is 0.0531. The van der Waals surface area contributed by atoms with Crippen LogP contribution in [0, 0.1) is 18.3 Å². The van der Waals surface area contributed by atoms with Crippen molar-refractivity contribution in [2.45, 2.75) is 44.4 Å². The van der Waals surface area contributed by atoms with Crippen LogP contribution in [0.15, 0.2) is 12.1 Å². The molecule has 19 heavy (non-hydrogen) atoms. The lowest BCUT2D eigenvalue weighted by Crippen LogP contribution is -2.38. The summed E-state index contributed by atoms with van der Waals surface area (Å²) in [5.41, 5.74) is 0.454. The number of nitriles is 1. The van der Waals surface area contributed by atoms with Crippen molar-refractivity contribution in [2.75, 3.05) is 0 Å². The highest BCUT2D eigenvalue weighted by atomic mass is 16.4. The SMILES string of the molecule is Cc1cc(C2(C(=O)O)CCCCC2)cc(C#N)c1O. The first-order chi connectivity index (χ1) is 9.01. The number of carboxylic acids is 1. The number of benzene rings is 1. The molecular weight excluding hydrogens is 242 g/mol. The monoisotopic (exact) mass is 259 g/mol. The molecule has 0 unspecified atom stereocenters. The van der Waals surface area contributed by atoms with Crippen molar-refractivity contribution in [1.82, 2.24) is 0 Å². The van der Waals surface area contributed by atoms with Gasteiger partial charge in [0.05, 0.1) is 11.0 Å². The molecule has 1 fully saturated rings. The minimum atomic E-state index is -0.900. The molecule has 2 N–H and O–H groups in total. The van der Waals surface area contributed by atoms with E-state index >= 15 is 0 Å². The molecule has 0 bridgehead atoms. The van der Waals surface area contributed by atoms with E-state index in [0.717, 1.165) is 19.3 Å². The van der Waals surface area contributed by atoms with Crippen LogP contribution in [0.2, 0.25) is 0 Å². The van der Waals surface area contributed by atoms with Crippen LogP contribution in [-0.4, -0.2) is 16.2 Å². The number of nitrogens with zero attached hydrogens (tertiary/aromatic N) is 1. The van der Waals surface area contributed by atoms with Crippen molar-refractivity contribution in [3.8, 4) is 11.8 Å². The third kappa shape index (κ3) is 2.17. The van der Waals surface area contributed by atoms with Crippen molar-refractivity contribution >= 4 is 5.97 Å². The zero-order valence-electron chi connectivity index (χ0n) is 10.9. The lowest BCUT2D eigenvalue weighted by Gasteiger charge is -2.34. The number of carboxylic acid groups (broad SMARTS) is 1. The van der Waals surface area contributed by atoms with Gasteiger partial charge in [0.1, 0.15) is 11.8 Å². The Morgan fingerprint density at radius 1 is 1.32 bits per heavy atom. The van der Waals surface area contributed by atoms with Gasteiger partial charge in [0.15, 0.2) is 0 Å². The smallest absolute Gasteiger partial charge is 0.314 e. The number of hydrogen-bond acceptors (Lipinski definition) is 3. The summed E-state index contributed by atoms with van der Waals surface area (Å²) in [6, 6.07) is 5.16. The maximum absolute atomic E-state index is 11.7. The summed E-state index contributed by atoms with van der Waals surface area (Å²) in [6.07, 6.45) is 4.01. The van der Waals surface area contributed by atoms with Crippen LogP contribution >= 0.6 is 0 Å². The Kier molecular flexibility index (Phi) is 3.48. The second-order valence-electron chi connectivity index (χ2n) is 5.25. The Morgan fingerprint density at radius 2 is 1.95 bits per heavy atom. The quantitative estimate of drug-likeness (QED) is 0.855. The van der Waals surface area contributed by atoms with E-state index in [9.17, 15) is 15.0 Å². The number of aryl methyl sites for hydroxylation is 1. The predicted molar refractivity (Wildman–Crippen MR) is 70.0 cm³/mol. The van der Waals surface area contributed by atoms with Gasteiger partial charge in [0, 0.05) is 0 Å². The molecule has 1 aliphatic rings. The Labute approximate surface area is 112 Å². The number of hydrogen-bond donors (Lipinski definition) is 2. The Bertz CT molecular complexity index is 551. The van der Waals surface area contributed by atoms with Crippen LogP contribution in [0.4, 0.5) is 0 Å². The fourth-order valence-electron chi connectivity index (χ4n) is 2.92. The van der Waals surface area contributed by atoms with Crippen molar-refractivity contribution in [3.63, 3.8) is 0 Å². The predicted octanol–water partition coefficient (Wildman–Crippen LogP) is 2.86. The summed E-state index contributed by atoms with van der Waals surface area (Å²) in [6.45, 7) is 1.69. The molecule has 4 nitrogen and oxygen atoms in total. The summed E-state index contributed by atoms with van der Waals surface area (Å²) < 4.78 is 0. The Hall–Kier alpha value is -2.02. The number of aromatic hydroxyl groups is 1. The van der Waals surface area contributed by atoms with Crippen molar-refractivity contribution in [1.29, 1.82) is 5.26 Å². The molecule has 0 radical (unpaired) electrons. The third-order valence-corrected chi connectivity index (χ3v) is 4.09. The topological polar surface area (TPSA) is 81.3 Å². The first-order valence-electron chi connectivity index (χ1n) is 6.49. The molecule has 0 aliphatic heterocycles. The highest BCUT2D eigenvalue weighted by Crippen LogP contribution is 2.41. The molecule has 2 rings (SSSR count). The summed E-state index contributed by atoms with van der Waals surface area (Å²) in [5, 5.41) is 28.4. The summed E-state index contributed by atoms with van der Waals surface area (Å²) in [4.78, 5) is 11.7. The molecule has 0 amide bonds. The second kappa shape index (κ2) is 4.93. The van der Waals surface area contributed by atoms with Gasteiger partial charge in [-0.2, -0.15) is 5.26 Å². The van der Waals surface area contributed by atoms with Gasteiger partial charge in [-0.15, -0.1) is 0 Å². The molecular formula is C15H17NO3. The molecule has 0 atom stereocenters. The number of phenolic OH excluding ortho intramolecular Hbond substituents is 1. The van der Waals surface area contributed by atoms with Gasteiger partial charge in [-0.1, -0.05) is 25.3 Å². The lowest BCUT2D eigenvalue weighted by molar-refractivity contribution is -0.145. The van der Waals surface area contributed by atoms with E-state index in [1.54, 1.807) is 13.0 Å². The number of aliphatic carboxylic acids is 1. The molecule has 1 saturated carbocycles. The fraction of sp³-hybridized carbons (Fsp3) is 0.467. The van der Waals surface area contributed by atoms with E-state index in [1.165, 1.54) is 6.07 Å². The zero-order chi connectivity index (χ0) is 14.0. The molecule has 1 aromatic rings. The third-order valence-electron chi connectivity index (χ3n) is 4.09. The van der Waals surface area contributed by atoms with Crippen LogP contribution in [0.1, 0.15) is 48.8 Å². The summed E-state index contributed by atoms with van der Waals surface area (Å²) in [5.74, 6) is -0.885. The van der Waals surface area contributed by atoms with Gasteiger partial charge < -0.3 is 10.2 Å². The highest BCUT2D eigenvalue weighted by Gasteiger charge is 2.41. The van der Waals surface area contributed by atoms with Crippen molar-refractivity contribution < 1.29 is 15.0 Å². The van der Waals surface area contributed by atoms with Crippen molar-refractivity contribution in [3.05, 3.63) is 28.8 Å². The van der Waals surface area contributed by atoms with Crippen LogP contribution < -0.4 is 0 Å². The van der Waals surface area contributed by atoms with Crippen LogP contribution in [-0.2, 0) is 10.2 Å². The molecule has 1 aliphatic carbocycles. The highest BCUT2D eigenvalue weighted by molar-refractivity contribution is 5.82. The molecule has 100 valence electrons. The van der Waals surface area contributed by atoms with Gasteiger partial charge in [0.2, 0.25) is 0 Å². The van der Waals surface area contributed by atoms with Crippen LogP contribution in [0.25, 0.3) is 0 Å². The number of phenols is 1. The van der Waals surface area contributed by atoms with Gasteiger partial charge in [-0.25, -0.2) is 0 Å². The van der Waals surface area contributed by atoms with Gasteiger partial charge >= 0.3 is 5.97 Å². The average molecular weight is 259 g/mol. The minimum Gasteiger partial charge on any atom is -0.506 e. The molecule has 0 spiro atoms. The van der Waals surface area contributed by atoms with E-state index in [4.69, 9.17) is 5.26 Å². The molecule has 0 aromatic heterocycles. The first kappa shape index (κ1) is 13.4. The fourth-order valence-corrected chi connectivity index (χ4v) is 2.92. The molecule has 4 heteroatoms. The van der Waals surface area contributed by atoms with Gasteiger partial charge in [-0.3, -0.25) is 4.79 Å². The molecule has 0 saturated heterocycles. The average Bonchev–Trinajstić information content (AvgIpc) is 2.42. The van der Waals surface area contributed by atoms with E-state index in [-0.39, 0.29) is 11.3 Å². The van der Waals surface area contributed by atoms with E-state index in [2.05, 4.69) is 0 Å². The standard InChI is InChI=1S/C15H17NO3/c1-10-7-12(8-11(9-16)13(10)17)15(14(18)19)5-3-2-4-6-15/h7-8,17H,2-6H2,1H3,(H,18,19). The number of rotatable bonds is 2. The van der Waals surface area contributed by atoms with Crippen LogP contribution in [0.5, 0.6) is 5.75 Å². The Morgan fingerprint density at radius 3 is 2.47 bits per heavy atom. The van der Waals surface area contributed by atoms with Gasteiger partial charge in [0.25, 0.3) is 0 Å². The van der Waals surface area contributed by atoms with E-state index in [0.29, 0.717) is 24.0 Å². The zero-order valence-corrected chi connectivity index (χ0v) is 10.9. The number of carbonyl (C=O) groups is 1. The maximum atomic E-state index is 11.7. The normalized spacial score (nSPS) is 17.7. The molecule has 1 aromatic carbocycles. The maximum Gasteiger partial charge on any atom is 0.314 e. The summed E-state index contributed by atoms with van der Waals surface area (Å²) >= 11 is 0. The Balaban J connectivity index is 2.58. The lowest BCUT2D eigenvalue weighted by atomic mass is 9.69. The second-order valence-corrected chi connectivity index (χ2v) is 5.25. The van der Waals surface area contributed by atoms with Crippen molar-refractivity contribution in [2.24, 2.45) is 0 Å². The summed E-state index contributed by atoms with van der Waals surface area (Å²) in [7, 11) is 0. The van der Waals surface area contributed by atoms with Gasteiger partial charge in [-0.05, 0) is 37.0 Å². The van der Waals surface area contributed by atoms with E-state index in [1.807, 2.05) is 6.07 Å². The first-order valence-corrected chi connectivity index (χ1v) is 6.49. The van der Waals surface area contributed by atoms with Crippen LogP contribution in [0.3, 0.4) is 0 Å². The molecule has 0 heterocycles. The largest absolute Gasteiger partial charge is 0.506 e. The van der Waals surface area contributed by atoms with E-state index < -0.39 is 11.4 Å².